The molecule has 0 aliphatic carbocycles. The highest BCUT2D eigenvalue weighted by atomic mass is 35.5. The van der Waals surface area contributed by atoms with Gasteiger partial charge in [-0.25, -0.2) is 0 Å². The van der Waals surface area contributed by atoms with Gasteiger partial charge in [0.05, 0.1) is 5.02 Å². The van der Waals surface area contributed by atoms with Crippen molar-refractivity contribution in [1.29, 1.82) is 0 Å². The zero-order valence-corrected chi connectivity index (χ0v) is 8.17. The van der Waals surface area contributed by atoms with E-state index in [1.165, 1.54) is 11.3 Å². The minimum Gasteiger partial charge on any atom is -0.282 e. The summed E-state index contributed by atoms with van der Waals surface area (Å²) < 4.78 is 0. The normalized spacial score (nSPS) is 9.50. The topological polar surface area (TPSA) is 46.2 Å². The molecule has 0 aliphatic heterocycles. The summed E-state index contributed by atoms with van der Waals surface area (Å²) in [6, 6.07) is 1.59. The zero-order chi connectivity index (χ0) is 9.14. The molecule has 1 aromatic rings. The van der Waals surface area contributed by atoms with Crippen LogP contribution in [0.2, 0.25) is 5.02 Å². The first-order valence-electron chi connectivity index (χ1n) is 2.88. The summed E-state index contributed by atoms with van der Waals surface area (Å²) in [6.45, 7) is 0. The van der Waals surface area contributed by atoms with E-state index in [2.05, 4.69) is 12.6 Å². The van der Waals surface area contributed by atoms with Crippen LogP contribution in [0.5, 0.6) is 0 Å². The maximum Gasteiger partial charge on any atom is 0.282 e. The van der Waals surface area contributed by atoms with E-state index in [0.29, 0.717) is 9.90 Å². The molecule has 0 bridgehead atoms. The lowest BCUT2D eigenvalue weighted by Crippen LogP contribution is -2.24. The summed E-state index contributed by atoms with van der Waals surface area (Å²) in [6.07, 6.45) is 0. The van der Waals surface area contributed by atoms with E-state index < -0.39 is 11.1 Å². The van der Waals surface area contributed by atoms with Gasteiger partial charge in [-0.15, -0.1) is 11.3 Å². The van der Waals surface area contributed by atoms with E-state index in [0.717, 1.165) is 0 Å². The highest BCUT2D eigenvalue weighted by Gasteiger charge is 2.12. The Morgan fingerprint density at radius 2 is 2.25 bits per heavy atom. The van der Waals surface area contributed by atoms with E-state index in [1.807, 2.05) is 5.32 Å². The third kappa shape index (κ3) is 2.23. The third-order valence-electron chi connectivity index (χ3n) is 1.04. The summed E-state index contributed by atoms with van der Waals surface area (Å²) in [7, 11) is 0. The third-order valence-corrected chi connectivity index (χ3v) is 2.50. The first-order chi connectivity index (χ1) is 5.61. The number of carbonyl (C=O) groups is 2. The number of nitrogens with one attached hydrogen (secondary N) is 1. The fourth-order valence-electron chi connectivity index (χ4n) is 0.610. The van der Waals surface area contributed by atoms with Gasteiger partial charge in [0.25, 0.3) is 11.1 Å². The Hall–Kier alpha value is -0.520. The van der Waals surface area contributed by atoms with Gasteiger partial charge in [-0.1, -0.05) is 24.2 Å². The van der Waals surface area contributed by atoms with Crippen LogP contribution in [0.15, 0.2) is 11.4 Å². The lowest BCUT2D eigenvalue weighted by atomic mass is 10.4. The summed E-state index contributed by atoms with van der Waals surface area (Å²) in [5.41, 5.74) is 0. The van der Waals surface area contributed by atoms with Crippen molar-refractivity contribution in [3.8, 4) is 0 Å². The van der Waals surface area contributed by atoms with Crippen LogP contribution in [-0.2, 0) is 0 Å². The van der Waals surface area contributed by atoms with Gasteiger partial charge in [0.1, 0.15) is 4.88 Å². The lowest BCUT2D eigenvalue weighted by Gasteiger charge is -1.96. The van der Waals surface area contributed by atoms with Crippen LogP contribution in [-0.4, -0.2) is 11.1 Å². The van der Waals surface area contributed by atoms with Crippen LogP contribution >= 0.6 is 35.6 Å². The second-order valence-electron chi connectivity index (χ2n) is 1.86. The number of imide groups is 1. The van der Waals surface area contributed by atoms with Crippen molar-refractivity contribution < 1.29 is 9.59 Å². The van der Waals surface area contributed by atoms with E-state index in [4.69, 9.17) is 11.6 Å². The van der Waals surface area contributed by atoms with Crippen molar-refractivity contribution in [2.45, 2.75) is 0 Å². The van der Waals surface area contributed by atoms with Crippen molar-refractivity contribution in [3.05, 3.63) is 21.3 Å². The molecule has 2 amide bonds. The summed E-state index contributed by atoms with van der Waals surface area (Å²) >= 11 is 10.2. The van der Waals surface area contributed by atoms with Gasteiger partial charge in [0.15, 0.2) is 0 Å². The van der Waals surface area contributed by atoms with Crippen LogP contribution < -0.4 is 5.32 Å². The highest BCUT2D eigenvalue weighted by molar-refractivity contribution is 7.96. The first kappa shape index (κ1) is 9.57. The minimum absolute atomic E-state index is 0.319. The zero-order valence-electron chi connectivity index (χ0n) is 5.70. The quantitative estimate of drug-likeness (QED) is 0.714. The second-order valence-corrected chi connectivity index (χ2v) is 3.59. The van der Waals surface area contributed by atoms with E-state index in [9.17, 15) is 9.59 Å². The largest absolute Gasteiger partial charge is 0.282 e. The van der Waals surface area contributed by atoms with Gasteiger partial charge in [-0.3, -0.25) is 14.9 Å². The molecule has 0 unspecified atom stereocenters. The average molecular weight is 222 g/mol. The molecule has 12 heavy (non-hydrogen) atoms. The molecule has 0 saturated heterocycles. The molecule has 1 N–H and O–H groups in total. The van der Waals surface area contributed by atoms with Crippen LogP contribution in [0.1, 0.15) is 9.67 Å². The Morgan fingerprint density at radius 1 is 1.58 bits per heavy atom. The van der Waals surface area contributed by atoms with Crippen molar-refractivity contribution in [2.24, 2.45) is 0 Å². The highest BCUT2D eigenvalue weighted by Crippen LogP contribution is 2.21. The van der Waals surface area contributed by atoms with Crippen LogP contribution in [0.4, 0.5) is 4.79 Å². The van der Waals surface area contributed by atoms with Crippen LogP contribution in [0.25, 0.3) is 0 Å². The number of hydrogen-bond acceptors (Lipinski definition) is 3. The molecular weight excluding hydrogens is 218 g/mol. The van der Waals surface area contributed by atoms with Crippen molar-refractivity contribution in [3.63, 3.8) is 0 Å². The van der Waals surface area contributed by atoms with Gasteiger partial charge in [0.2, 0.25) is 0 Å². The fourth-order valence-corrected chi connectivity index (χ4v) is 1.75. The van der Waals surface area contributed by atoms with Crippen molar-refractivity contribution in [2.75, 3.05) is 0 Å². The Morgan fingerprint density at radius 3 is 2.67 bits per heavy atom. The van der Waals surface area contributed by atoms with Crippen LogP contribution in [0, 0.1) is 0 Å². The van der Waals surface area contributed by atoms with Crippen LogP contribution in [0.3, 0.4) is 0 Å². The number of thiol groups is 1. The van der Waals surface area contributed by atoms with E-state index in [1.54, 1.807) is 11.4 Å². The molecule has 1 rings (SSSR count). The number of carbonyl (C=O) groups excluding carboxylic acids is 2. The lowest BCUT2D eigenvalue weighted by molar-refractivity contribution is 0.0974. The van der Waals surface area contributed by atoms with Gasteiger partial charge in [-0.05, 0) is 11.4 Å². The number of halogens is 1. The van der Waals surface area contributed by atoms with E-state index >= 15 is 0 Å². The molecular formula is C6H4ClNO2S2. The Labute approximate surface area is 83.1 Å². The van der Waals surface area contributed by atoms with Crippen molar-refractivity contribution >= 4 is 46.7 Å². The fraction of sp³-hybridized carbons (Fsp3) is 0. The molecule has 0 fully saturated rings. The average Bonchev–Trinajstić information content (AvgIpc) is 2.33. The Balaban J connectivity index is 2.78. The number of hydrogen-bond donors (Lipinski definition) is 2. The molecule has 0 radical (unpaired) electrons. The van der Waals surface area contributed by atoms with Gasteiger partial charge >= 0.3 is 0 Å². The maximum atomic E-state index is 11.1. The van der Waals surface area contributed by atoms with Gasteiger partial charge in [-0.2, -0.15) is 0 Å². The minimum atomic E-state index is -0.690. The molecule has 3 nitrogen and oxygen atoms in total. The molecule has 0 saturated carbocycles. The molecule has 1 aromatic heterocycles. The predicted molar refractivity (Wildman–Crippen MR) is 51.2 cm³/mol. The molecule has 0 atom stereocenters. The monoisotopic (exact) mass is 221 g/mol. The standard InChI is InChI=1S/C6H4ClNO2S2/c7-3-1-2-12-4(3)5(9)8-6(10)11/h1-2H,(H2,8,9,10,11). The van der Waals surface area contributed by atoms with E-state index in [-0.39, 0.29) is 0 Å². The van der Waals surface area contributed by atoms with Gasteiger partial charge in [0, 0.05) is 0 Å². The molecule has 0 aliphatic rings. The van der Waals surface area contributed by atoms with Crippen molar-refractivity contribution in [1.82, 2.24) is 5.32 Å². The molecule has 1 heterocycles. The molecule has 6 heteroatoms. The first-order valence-corrected chi connectivity index (χ1v) is 4.59. The van der Waals surface area contributed by atoms with Gasteiger partial charge < -0.3 is 0 Å². The molecule has 0 aromatic carbocycles. The number of amides is 2. The number of thiophene rings is 1. The maximum absolute atomic E-state index is 11.1. The summed E-state index contributed by atoms with van der Waals surface area (Å²) in [4.78, 5) is 21.8. The Bertz CT molecular complexity index is 323. The summed E-state index contributed by atoms with van der Waals surface area (Å²) in [5.74, 6) is -0.519. The molecule has 64 valence electrons. The molecule has 0 spiro atoms. The summed E-state index contributed by atoms with van der Waals surface area (Å²) in [5, 5.41) is 3.31. The Kier molecular flexibility index (Phi) is 3.13. The smallest absolute Gasteiger partial charge is 0.282 e. The SMILES string of the molecule is O=C(S)NC(=O)c1sccc1Cl. The second kappa shape index (κ2) is 3.93. The predicted octanol–water partition coefficient (Wildman–Crippen LogP) is 2.18. The number of rotatable bonds is 1.